The Morgan fingerprint density at radius 1 is 1.13 bits per heavy atom. The first-order valence-corrected chi connectivity index (χ1v) is 11.4. The maximum Gasteiger partial charge on any atom is 0.275 e. The van der Waals surface area contributed by atoms with Crippen molar-refractivity contribution in [3.63, 3.8) is 0 Å². The van der Waals surface area contributed by atoms with Crippen molar-refractivity contribution in [2.75, 3.05) is 4.72 Å². The first kappa shape index (κ1) is 20.3. The Morgan fingerprint density at radius 3 is 2.53 bits per heavy atom. The maximum absolute atomic E-state index is 12.4. The number of nitrogens with one attached hydrogen (secondary N) is 1. The predicted octanol–water partition coefficient (Wildman–Crippen LogP) is 3.49. The van der Waals surface area contributed by atoms with Crippen molar-refractivity contribution < 1.29 is 13.2 Å². The number of nitrogens with zero attached hydrogens (tertiary/aromatic N) is 3. The number of hydrogen-bond donors (Lipinski definition) is 1. The van der Waals surface area contributed by atoms with Crippen LogP contribution in [0.15, 0.2) is 64.3 Å². The molecule has 0 aliphatic heterocycles. The molecule has 8 nitrogen and oxygen atoms in total. The second-order valence-electron chi connectivity index (χ2n) is 6.27. The Balaban J connectivity index is 1.44. The number of benzene rings is 2. The van der Waals surface area contributed by atoms with Gasteiger partial charge in [0.15, 0.2) is 0 Å². The summed E-state index contributed by atoms with van der Waals surface area (Å²) in [5.74, 6) is 0.506. The van der Waals surface area contributed by atoms with E-state index in [0.29, 0.717) is 27.1 Å². The number of halogens is 1. The van der Waals surface area contributed by atoms with E-state index in [-0.39, 0.29) is 17.1 Å². The average molecular weight is 463 g/mol. The third-order valence-corrected chi connectivity index (χ3v) is 6.49. The summed E-state index contributed by atoms with van der Waals surface area (Å²) in [7, 11) is -3.72. The van der Waals surface area contributed by atoms with Crippen molar-refractivity contribution in [2.24, 2.45) is 0 Å². The summed E-state index contributed by atoms with van der Waals surface area (Å²) in [4.78, 5) is 17.1. The number of anilines is 1. The van der Waals surface area contributed by atoms with Crippen molar-refractivity contribution >= 4 is 43.6 Å². The van der Waals surface area contributed by atoms with Gasteiger partial charge >= 0.3 is 0 Å². The van der Waals surface area contributed by atoms with Gasteiger partial charge in [-0.2, -0.15) is 9.61 Å². The smallest absolute Gasteiger partial charge is 0.275 e. The van der Waals surface area contributed by atoms with Gasteiger partial charge in [0.05, 0.1) is 10.6 Å². The second-order valence-corrected chi connectivity index (χ2v) is 9.55. The molecule has 0 aliphatic rings. The van der Waals surface area contributed by atoms with Crippen LogP contribution in [0.5, 0.6) is 5.75 Å². The Morgan fingerprint density at radius 2 is 1.83 bits per heavy atom. The van der Waals surface area contributed by atoms with Crippen LogP contribution in [-0.4, -0.2) is 23.0 Å². The molecule has 0 aliphatic carbocycles. The van der Waals surface area contributed by atoms with Gasteiger partial charge in [-0.05, 0) is 55.5 Å². The molecule has 0 saturated heterocycles. The van der Waals surface area contributed by atoms with Gasteiger partial charge in [-0.25, -0.2) is 13.4 Å². The molecule has 1 N–H and O–H groups in total. The van der Waals surface area contributed by atoms with Crippen molar-refractivity contribution in [3.8, 4) is 5.75 Å². The van der Waals surface area contributed by atoms with Crippen LogP contribution in [-0.2, 0) is 16.6 Å². The highest BCUT2D eigenvalue weighted by Crippen LogP contribution is 2.21. The van der Waals surface area contributed by atoms with E-state index in [4.69, 9.17) is 16.3 Å². The summed E-state index contributed by atoms with van der Waals surface area (Å²) < 4.78 is 34.3. The van der Waals surface area contributed by atoms with Crippen LogP contribution in [0.3, 0.4) is 0 Å². The van der Waals surface area contributed by atoms with Gasteiger partial charge in [0.1, 0.15) is 17.4 Å². The van der Waals surface area contributed by atoms with Crippen molar-refractivity contribution in [2.45, 2.75) is 18.4 Å². The summed E-state index contributed by atoms with van der Waals surface area (Å²) in [6, 6.07) is 13.7. The molecule has 4 aromatic rings. The first-order valence-electron chi connectivity index (χ1n) is 8.68. The van der Waals surface area contributed by atoms with E-state index in [9.17, 15) is 13.2 Å². The zero-order chi connectivity index (χ0) is 21.3. The van der Waals surface area contributed by atoms with Gasteiger partial charge in [0.2, 0.25) is 4.96 Å². The van der Waals surface area contributed by atoms with Crippen LogP contribution in [0.2, 0.25) is 5.02 Å². The summed E-state index contributed by atoms with van der Waals surface area (Å²) in [6.07, 6.45) is 0. The fourth-order valence-electron chi connectivity index (χ4n) is 2.63. The van der Waals surface area contributed by atoms with Gasteiger partial charge in [-0.1, -0.05) is 22.9 Å². The predicted molar refractivity (Wildman–Crippen MR) is 115 cm³/mol. The molecular weight excluding hydrogens is 448 g/mol. The van der Waals surface area contributed by atoms with Gasteiger partial charge in [0.25, 0.3) is 15.6 Å². The van der Waals surface area contributed by atoms with Crippen LogP contribution in [0.1, 0.15) is 10.7 Å². The molecule has 0 bridgehead atoms. The van der Waals surface area contributed by atoms with E-state index in [0.717, 1.165) is 5.01 Å². The fraction of sp³-hybridized carbons (Fsp3) is 0.105. The van der Waals surface area contributed by atoms with Gasteiger partial charge in [-0.15, -0.1) is 0 Å². The number of sulfonamides is 1. The van der Waals surface area contributed by atoms with E-state index in [1.807, 2.05) is 0 Å². The van der Waals surface area contributed by atoms with E-state index in [1.165, 1.54) is 46.2 Å². The molecule has 0 atom stereocenters. The lowest BCUT2D eigenvalue weighted by Crippen LogP contribution is -2.16. The molecule has 0 amide bonds. The molecule has 0 fully saturated rings. The molecule has 2 aromatic heterocycles. The Bertz CT molecular complexity index is 1360. The molecule has 0 spiro atoms. The van der Waals surface area contributed by atoms with Crippen molar-refractivity contribution in [3.05, 3.63) is 80.7 Å². The van der Waals surface area contributed by atoms with Crippen LogP contribution in [0, 0.1) is 6.92 Å². The molecular formula is C19H15ClN4O4S2. The van der Waals surface area contributed by atoms with Crippen molar-refractivity contribution in [1.82, 2.24) is 14.6 Å². The number of ether oxygens (including phenoxy) is 1. The van der Waals surface area contributed by atoms with E-state index < -0.39 is 10.0 Å². The van der Waals surface area contributed by atoms with Gasteiger partial charge < -0.3 is 4.74 Å². The number of hydrogen-bond acceptors (Lipinski definition) is 7. The zero-order valence-electron chi connectivity index (χ0n) is 15.6. The molecule has 2 aromatic carbocycles. The lowest BCUT2D eigenvalue weighted by molar-refractivity contribution is 0.301. The molecule has 0 radical (unpaired) electrons. The Labute approximate surface area is 180 Å². The standard InChI is InChI=1S/C19H15ClN4O4S2/c1-12-22-24-18(25)10-15(21-19(24)29-12)11-28-16-6-4-14(5-7-16)23-30(26,27)17-8-2-13(20)3-9-17/h2-10,23H,11H2,1H3. The monoisotopic (exact) mass is 462 g/mol. The third-order valence-electron chi connectivity index (χ3n) is 4.02. The van der Waals surface area contributed by atoms with Gasteiger partial charge in [-0.3, -0.25) is 9.52 Å². The largest absolute Gasteiger partial charge is 0.487 e. The van der Waals surface area contributed by atoms with Crippen LogP contribution in [0.25, 0.3) is 4.96 Å². The van der Waals surface area contributed by atoms with E-state index in [2.05, 4.69) is 14.8 Å². The summed E-state index contributed by atoms with van der Waals surface area (Å²) in [5, 5.41) is 5.29. The molecule has 0 unspecified atom stereocenters. The zero-order valence-corrected chi connectivity index (χ0v) is 18.0. The SMILES string of the molecule is Cc1nn2c(=O)cc(COc3ccc(NS(=O)(=O)c4ccc(Cl)cc4)cc3)nc2s1. The van der Waals surface area contributed by atoms with Gasteiger partial charge in [0, 0.05) is 16.8 Å². The lowest BCUT2D eigenvalue weighted by Gasteiger charge is -2.10. The van der Waals surface area contributed by atoms with Crippen LogP contribution < -0.4 is 15.0 Å². The third kappa shape index (κ3) is 4.45. The molecule has 4 rings (SSSR count). The normalized spacial score (nSPS) is 11.5. The molecule has 30 heavy (non-hydrogen) atoms. The molecule has 0 saturated carbocycles. The highest BCUT2D eigenvalue weighted by molar-refractivity contribution is 7.92. The van der Waals surface area contributed by atoms with E-state index >= 15 is 0 Å². The highest BCUT2D eigenvalue weighted by Gasteiger charge is 2.14. The summed E-state index contributed by atoms with van der Waals surface area (Å²) >= 11 is 7.12. The number of aryl methyl sites for hydroxylation is 1. The number of fused-ring (bicyclic) bond motifs is 1. The highest BCUT2D eigenvalue weighted by atomic mass is 35.5. The fourth-order valence-corrected chi connectivity index (χ4v) is 4.58. The number of rotatable bonds is 6. The van der Waals surface area contributed by atoms with E-state index in [1.54, 1.807) is 31.2 Å². The minimum atomic E-state index is -3.72. The Hall–Kier alpha value is -2.95. The molecule has 2 heterocycles. The molecule has 154 valence electrons. The minimum Gasteiger partial charge on any atom is -0.487 e. The quantitative estimate of drug-likeness (QED) is 0.470. The molecule has 11 heteroatoms. The van der Waals surface area contributed by atoms with Crippen LogP contribution in [0.4, 0.5) is 5.69 Å². The topological polar surface area (TPSA) is 103 Å². The maximum atomic E-state index is 12.4. The summed E-state index contributed by atoms with van der Waals surface area (Å²) in [6.45, 7) is 1.90. The van der Waals surface area contributed by atoms with Crippen LogP contribution >= 0.6 is 22.9 Å². The number of aromatic nitrogens is 3. The minimum absolute atomic E-state index is 0.0958. The second kappa shape index (κ2) is 8.05. The lowest BCUT2D eigenvalue weighted by atomic mass is 10.3. The average Bonchev–Trinajstić information content (AvgIpc) is 3.08. The first-order chi connectivity index (χ1) is 14.3. The van der Waals surface area contributed by atoms with Crippen molar-refractivity contribution in [1.29, 1.82) is 0 Å². The summed E-state index contributed by atoms with van der Waals surface area (Å²) in [5.41, 5.74) is 0.598. The Kier molecular flexibility index (Phi) is 5.46.